The van der Waals surface area contributed by atoms with E-state index in [-0.39, 0.29) is 17.5 Å². The van der Waals surface area contributed by atoms with Gasteiger partial charge >= 0.3 is 5.97 Å². The molecule has 0 bridgehead atoms. The molecule has 0 fully saturated rings. The predicted octanol–water partition coefficient (Wildman–Crippen LogP) is 2.37. The van der Waals surface area contributed by atoms with Crippen LogP contribution in [-0.2, 0) is 9.53 Å². The molecule has 0 saturated heterocycles. The van der Waals surface area contributed by atoms with Crippen LogP contribution in [0.5, 0.6) is 0 Å². The van der Waals surface area contributed by atoms with Crippen molar-refractivity contribution in [1.29, 1.82) is 0 Å². The largest absolute Gasteiger partial charge is 0.462 e. The number of esters is 1. The summed E-state index contributed by atoms with van der Waals surface area (Å²) in [4.78, 5) is 10.6. The molecule has 0 rings (SSSR count). The van der Waals surface area contributed by atoms with Gasteiger partial charge in [0.25, 0.3) is 0 Å². The second-order valence-corrected chi connectivity index (χ2v) is 3.87. The fourth-order valence-corrected chi connectivity index (χ4v) is 1.07. The van der Waals surface area contributed by atoms with E-state index in [1.807, 2.05) is 6.92 Å². The van der Waals surface area contributed by atoms with Crippen LogP contribution in [-0.4, -0.2) is 12.1 Å². The highest BCUT2D eigenvalue weighted by molar-refractivity contribution is 5.66. The van der Waals surface area contributed by atoms with Gasteiger partial charge in [0.05, 0.1) is 0 Å². The maximum Gasteiger partial charge on any atom is 0.302 e. The van der Waals surface area contributed by atoms with E-state index in [1.165, 1.54) is 6.92 Å². The van der Waals surface area contributed by atoms with Crippen LogP contribution in [0.1, 0.15) is 41.0 Å². The zero-order chi connectivity index (χ0) is 9.07. The van der Waals surface area contributed by atoms with Gasteiger partial charge in [0.15, 0.2) is 0 Å². The van der Waals surface area contributed by atoms with Crippen LogP contribution in [0.3, 0.4) is 0 Å². The van der Waals surface area contributed by atoms with Crippen LogP contribution in [0.4, 0.5) is 0 Å². The van der Waals surface area contributed by atoms with E-state index in [0.29, 0.717) is 0 Å². The predicted molar refractivity (Wildman–Crippen MR) is 45.3 cm³/mol. The lowest BCUT2D eigenvalue weighted by Crippen LogP contribution is -2.30. The normalized spacial score (nSPS) is 14.3. The molecule has 11 heavy (non-hydrogen) atoms. The Labute approximate surface area is 68.9 Å². The molecule has 0 amide bonds. The molecule has 0 spiro atoms. The zero-order valence-corrected chi connectivity index (χ0v) is 8.10. The van der Waals surface area contributed by atoms with E-state index in [2.05, 4.69) is 20.8 Å². The lowest BCUT2D eigenvalue weighted by molar-refractivity contribution is -0.152. The van der Waals surface area contributed by atoms with E-state index in [0.717, 1.165) is 6.42 Å². The van der Waals surface area contributed by atoms with Gasteiger partial charge in [-0.05, 0) is 11.8 Å². The number of rotatable bonds is 2. The minimum atomic E-state index is -0.188. The van der Waals surface area contributed by atoms with E-state index in [9.17, 15) is 4.79 Å². The molecule has 1 unspecified atom stereocenters. The smallest absolute Gasteiger partial charge is 0.302 e. The molecule has 66 valence electrons. The average molecular weight is 158 g/mol. The second-order valence-electron chi connectivity index (χ2n) is 3.87. The van der Waals surface area contributed by atoms with Crippen LogP contribution in [0, 0.1) is 5.41 Å². The molecule has 0 aromatic rings. The lowest BCUT2D eigenvalue weighted by atomic mass is 9.87. The lowest BCUT2D eigenvalue weighted by Gasteiger charge is -2.28. The molecule has 0 aliphatic heterocycles. The Balaban J connectivity index is 4.07. The van der Waals surface area contributed by atoms with Crippen molar-refractivity contribution in [2.24, 2.45) is 5.41 Å². The van der Waals surface area contributed by atoms with E-state index >= 15 is 0 Å². The average Bonchev–Trinajstić information content (AvgIpc) is 1.79. The summed E-state index contributed by atoms with van der Waals surface area (Å²) in [5, 5.41) is 0. The van der Waals surface area contributed by atoms with Crippen LogP contribution >= 0.6 is 0 Å². The van der Waals surface area contributed by atoms with Crippen LogP contribution < -0.4 is 0 Å². The van der Waals surface area contributed by atoms with Gasteiger partial charge in [0.2, 0.25) is 0 Å². The third kappa shape index (κ3) is 4.02. The highest BCUT2D eigenvalue weighted by Crippen LogP contribution is 2.24. The minimum absolute atomic E-state index is 0.0417. The first-order valence-electron chi connectivity index (χ1n) is 4.05. The van der Waals surface area contributed by atoms with Crippen molar-refractivity contribution >= 4 is 5.97 Å². The van der Waals surface area contributed by atoms with Gasteiger partial charge < -0.3 is 4.74 Å². The molecule has 0 aromatic heterocycles. The molecule has 0 N–H and O–H groups in total. The fourth-order valence-electron chi connectivity index (χ4n) is 1.07. The topological polar surface area (TPSA) is 26.3 Å². The Morgan fingerprint density at radius 1 is 1.45 bits per heavy atom. The minimum Gasteiger partial charge on any atom is -0.462 e. The van der Waals surface area contributed by atoms with Crippen molar-refractivity contribution < 1.29 is 9.53 Å². The van der Waals surface area contributed by atoms with Crippen molar-refractivity contribution in [2.45, 2.75) is 47.1 Å². The van der Waals surface area contributed by atoms with Crippen molar-refractivity contribution in [2.75, 3.05) is 0 Å². The summed E-state index contributed by atoms with van der Waals surface area (Å²) in [6, 6.07) is 0. The number of carbonyl (C=O) groups is 1. The van der Waals surface area contributed by atoms with Crippen LogP contribution in [0.15, 0.2) is 0 Å². The Morgan fingerprint density at radius 3 is 2.00 bits per heavy atom. The molecule has 0 saturated carbocycles. The van der Waals surface area contributed by atoms with Crippen LogP contribution in [0.25, 0.3) is 0 Å². The molecule has 2 heteroatoms. The van der Waals surface area contributed by atoms with Crippen molar-refractivity contribution in [3.05, 3.63) is 0 Å². The third-order valence-electron chi connectivity index (χ3n) is 1.64. The molecule has 0 aliphatic rings. The molecule has 0 heterocycles. The molecule has 0 aromatic carbocycles. The monoisotopic (exact) mass is 158 g/mol. The quantitative estimate of drug-likeness (QED) is 0.577. The number of carbonyl (C=O) groups excluding carboxylic acids is 1. The summed E-state index contributed by atoms with van der Waals surface area (Å²) in [6.45, 7) is 9.70. The Bertz CT molecular complexity index is 133. The maximum absolute atomic E-state index is 10.6. The molecular weight excluding hydrogens is 140 g/mol. The van der Waals surface area contributed by atoms with Crippen molar-refractivity contribution in [3.63, 3.8) is 0 Å². The van der Waals surface area contributed by atoms with E-state index < -0.39 is 0 Å². The van der Waals surface area contributed by atoms with Gasteiger partial charge in [-0.1, -0.05) is 27.7 Å². The van der Waals surface area contributed by atoms with Gasteiger partial charge in [-0.25, -0.2) is 0 Å². The summed E-state index contributed by atoms with van der Waals surface area (Å²) in [6.07, 6.45) is 0.920. The molecular formula is C9H18O2. The summed E-state index contributed by atoms with van der Waals surface area (Å²) < 4.78 is 5.12. The van der Waals surface area contributed by atoms with Crippen molar-refractivity contribution in [1.82, 2.24) is 0 Å². The summed E-state index contributed by atoms with van der Waals surface area (Å²) in [5.41, 5.74) is 0.0560. The van der Waals surface area contributed by atoms with Crippen LogP contribution in [0.2, 0.25) is 0 Å². The molecule has 1 atom stereocenters. The number of hydrogen-bond donors (Lipinski definition) is 0. The first kappa shape index (κ1) is 10.5. The van der Waals surface area contributed by atoms with Crippen molar-refractivity contribution in [3.8, 4) is 0 Å². The molecule has 0 radical (unpaired) electrons. The van der Waals surface area contributed by atoms with Gasteiger partial charge in [0, 0.05) is 6.92 Å². The van der Waals surface area contributed by atoms with Gasteiger partial charge in [0.1, 0.15) is 6.10 Å². The van der Waals surface area contributed by atoms with Gasteiger partial charge in [-0.15, -0.1) is 0 Å². The van der Waals surface area contributed by atoms with E-state index in [1.54, 1.807) is 0 Å². The Kier molecular flexibility index (Phi) is 3.56. The van der Waals surface area contributed by atoms with Gasteiger partial charge in [-0.3, -0.25) is 4.79 Å². The molecule has 2 nitrogen and oxygen atoms in total. The Hall–Kier alpha value is -0.530. The SMILES string of the molecule is CCC(OC(C)=O)C(C)(C)C. The standard InChI is InChI=1S/C9H18O2/c1-6-8(9(3,4)5)11-7(2)10/h8H,6H2,1-5H3. The highest BCUT2D eigenvalue weighted by Gasteiger charge is 2.25. The molecule has 0 aliphatic carbocycles. The highest BCUT2D eigenvalue weighted by atomic mass is 16.5. The second kappa shape index (κ2) is 3.74. The number of hydrogen-bond acceptors (Lipinski definition) is 2. The third-order valence-corrected chi connectivity index (χ3v) is 1.64. The summed E-state index contributed by atoms with van der Waals surface area (Å²) >= 11 is 0. The maximum atomic E-state index is 10.6. The summed E-state index contributed by atoms with van der Waals surface area (Å²) in [5.74, 6) is -0.188. The Morgan fingerprint density at radius 2 is 1.91 bits per heavy atom. The first-order chi connectivity index (χ1) is 4.88. The zero-order valence-electron chi connectivity index (χ0n) is 8.10. The van der Waals surface area contributed by atoms with Gasteiger partial charge in [-0.2, -0.15) is 0 Å². The van der Waals surface area contributed by atoms with E-state index in [4.69, 9.17) is 4.74 Å². The first-order valence-corrected chi connectivity index (χ1v) is 4.05. The number of ether oxygens (including phenoxy) is 1. The fraction of sp³-hybridized carbons (Fsp3) is 0.889. The summed E-state index contributed by atoms with van der Waals surface area (Å²) in [7, 11) is 0.